The van der Waals surface area contributed by atoms with E-state index in [0.717, 1.165) is 24.8 Å². The lowest BCUT2D eigenvalue weighted by molar-refractivity contribution is -0.178. The second-order valence-electron chi connectivity index (χ2n) is 8.39. The Morgan fingerprint density at radius 2 is 2.07 bits per heavy atom. The van der Waals surface area contributed by atoms with Crippen molar-refractivity contribution in [3.8, 4) is 0 Å². The van der Waals surface area contributed by atoms with E-state index >= 15 is 0 Å². The Bertz CT molecular complexity index is 691. The quantitative estimate of drug-likeness (QED) is 0.549. The van der Waals surface area contributed by atoms with E-state index in [4.69, 9.17) is 14.2 Å². The average molecular weight is 376 g/mol. The maximum atomic E-state index is 12.3. The average Bonchev–Trinajstić information content (AvgIpc) is 2.92. The number of carbonyl (C=O) groups is 2. The Labute approximate surface area is 162 Å². The van der Waals surface area contributed by atoms with E-state index in [2.05, 4.69) is 13.8 Å². The zero-order valence-corrected chi connectivity index (χ0v) is 17.3. The topological polar surface area (TPSA) is 61.8 Å². The molecule has 1 heterocycles. The maximum Gasteiger partial charge on any atom is 0.334 e. The van der Waals surface area contributed by atoms with Gasteiger partial charge in [0, 0.05) is 34.7 Å². The van der Waals surface area contributed by atoms with Crippen LogP contribution in [0.5, 0.6) is 0 Å². The minimum absolute atomic E-state index is 0.123. The highest BCUT2D eigenvalue weighted by molar-refractivity contribution is 5.92. The van der Waals surface area contributed by atoms with Crippen LogP contribution in [-0.4, -0.2) is 36.9 Å². The third-order valence-corrected chi connectivity index (χ3v) is 7.25. The summed E-state index contributed by atoms with van der Waals surface area (Å²) in [4.78, 5) is 24.5. The van der Waals surface area contributed by atoms with Crippen LogP contribution in [0.4, 0.5) is 0 Å². The molecule has 1 aliphatic heterocycles. The molecule has 0 N–H and O–H groups in total. The summed E-state index contributed by atoms with van der Waals surface area (Å²) in [7, 11) is 0. The highest BCUT2D eigenvalue weighted by Gasteiger charge is 2.59. The fraction of sp³-hybridized carbons (Fsp3) is 0.727. The number of fused-ring (bicyclic) bond motifs is 2. The molecule has 150 valence electrons. The van der Waals surface area contributed by atoms with Crippen molar-refractivity contribution >= 4 is 11.9 Å². The summed E-state index contributed by atoms with van der Waals surface area (Å²) in [6, 6.07) is 0. The van der Waals surface area contributed by atoms with Gasteiger partial charge in [-0.05, 0) is 52.9 Å². The van der Waals surface area contributed by atoms with E-state index in [0.29, 0.717) is 23.7 Å². The third-order valence-electron chi connectivity index (χ3n) is 7.25. The van der Waals surface area contributed by atoms with Gasteiger partial charge in [0.15, 0.2) is 0 Å². The smallest absolute Gasteiger partial charge is 0.334 e. The van der Waals surface area contributed by atoms with Crippen molar-refractivity contribution in [1.82, 2.24) is 0 Å². The molecule has 6 atom stereocenters. The van der Waals surface area contributed by atoms with E-state index < -0.39 is 0 Å². The van der Waals surface area contributed by atoms with Gasteiger partial charge in [-0.15, -0.1) is 0 Å². The molecule has 0 bridgehead atoms. The largest absolute Gasteiger partial charge is 0.459 e. The van der Waals surface area contributed by atoms with Crippen molar-refractivity contribution in [1.29, 1.82) is 0 Å². The van der Waals surface area contributed by atoms with Gasteiger partial charge >= 0.3 is 11.9 Å². The lowest BCUT2D eigenvalue weighted by atomic mass is 9.52. The molecule has 5 heteroatoms. The molecule has 2 fully saturated rings. The fourth-order valence-corrected chi connectivity index (χ4v) is 5.24. The number of hydrogen-bond donors (Lipinski definition) is 0. The number of carbonyl (C=O) groups excluding carboxylic acids is 2. The van der Waals surface area contributed by atoms with Crippen molar-refractivity contribution in [3.05, 3.63) is 22.8 Å². The van der Waals surface area contributed by atoms with Gasteiger partial charge < -0.3 is 14.2 Å². The predicted octanol–water partition coefficient (Wildman–Crippen LogP) is 3.97. The molecule has 3 aliphatic rings. The van der Waals surface area contributed by atoms with E-state index in [1.165, 1.54) is 0 Å². The van der Waals surface area contributed by atoms with Crippen LogP contribution in [-0.2, 0) is 23.8 Å². The Balaban J connectivity index is 1.94. The second-order valence-corrected chi connectivity index (χ2v) is 8.39. The zero-order valence-electron chi connectivity index (χ0n) is 17.3. The second kappa shape index (κ2) is 7.42. The summed E-state index contributed by atoms with van der Waals surface area (Å²) in [6.07, 6.45) is 3.90. The first-order valence-corrected chi connectivity index (χ1v) is 10.1. The first-order chi connectivity index (χ1) is 12.7. The predicted molar refractivity (Wildman–Crippen MR) is 102 cm³/mol. The summed E-state index contributed by atoms with van der Waals surface area (Å²) >= 11 is 0. The van der Waals surface area contributed by atoms with Crippen molar-refractivity contribution in [3.63, 3.8) is 0 Å². The summed E-state index contributed by atoms with van der Waals surface area (Å²) in [5.74, 6) is 0.0294. The van der Waals surface area contributed by atoms with Gasteiger partial charge in [0.05, 0.1) is 6.10 Å². The molecule has 0 aromatic rings. The Morgan fingerprint density at radius 1 is 1.37 bits per heavy atom. The van der Waals surface area contributed by atoms with Gasteiger partial charge in [-0.25, -0.2) is 9.59 Å². The number of ether oxygens (including phenoxy) is 3. The normalized spacial score (nSPS) is 39.0. The highest BCUT2D eigenvalue weighted by atomic mass is 16.6. The van der Waals surface area contributed by atoms with E-state index in [1.807, 2.05) is 20.8 Å². The summed E-state index contributed by atoms with van der Waals surface area (Å²) in [5, 5.41) is 0. The molecule has 2 saturated carbocycles. The van der Waals surface area contributed by atoms with Crippen LogP contribution in [0, 0.1) is 17.3 Å². The summed E-state index contributed by atoms with van der Waals surface area (Å²) in [5.41, 5.74) is 2.12. The van der Waals surface area contributed by atoms with E-state index in [-0.39, 0.29) is 41.6 Å². The van der Waals surface area contributed by atoms with Crippen molar-refractivity contribution in [2.45, 2.75) is 79.1 Å². The Hall–Kier alpha value is -1.62. The molecule has 0 spiro atoms. The zero-order chi connectivity index (χ0) is 19.9. The van der Waals surface area contributed by atoms with E-state index in [1.54, 1.807) is 13.0 Å². The van der Waals surface area contributed by atoms with Crippen LogP contribution in [0.2, 0.25) is 0 Å². The first-order valence-electron chi connectivity index (χ1n) is 10.1. The molecule has 0 amide bonds. The van der Waals surface area contributed by atoms with E-state index in [9.17, 15) is 9.59 Å². The van der Waals surface area contributed by atoms with Crippen molar-refractivity contribution in [2.75, 3.05) is 6.61 Å². The molecule has 3 rings (SSSR count). The summed E-state index contributed by atoms with van der Waals surface area (Å²) < 4.78 is 17.8. The monoisotopic (exact) mass is 376 g/mol. The van der Waals surface area contributed by atoms with Gasteiger partial charge in [0.2, 0.25) is 0 Å². The van der Waals surface area contributed by atoms with Gasteiger partial charge in [-0.1, -0.05) is 19.9 Å². The van der Waals surface area contributed by atoms with Crippen LogP contribution < -0.4 is 0 Å². The Kier molecular flexibility index (Phi) is 5.53. The molecule has 2 aliphatic carbocycles. The minimum Gasteiger partial charge on any atom is -0.459 e. The number of rotatable bonds is 4. The lowest BCUT2D eigenvalue weighted by Gasteiger charge is -2.56. The molecular formula is C22H32O5. The summed E-state index contributed by atoms with van der Waals surface area (Å²) in [6.45, 7) is 12.4. The third kappa shape index (κ3) is 3.14. The molecule has 5 nitrogen and oxygen atoms in total. The van der Waals surface area contributed by atoms with Gasteiger partial charge in [-0.3, -0.25) is 0 Å². The minimum atomic E-state index is -0.243. The molecule has 6 unspecified atom stereocenters. The molecule has 0 saturated heterocycles. The number of hydrogen-bond acceptors (Lipinski definition) is 5. The van der Waals surface area contributed by atoms with Crippen LogP contribution in [0.25, 0.3) is 0 Å². The molecule has 27 heavy (non-hydrogen) atoms. The first kappa shape index (κ1) is 20.1. The fourth-order valence-electron chi connectivity index (χ4n) is 5.24. The lowest BCUT2D eigenvalue weighted by Crippen LogP contribution is -2.58. The number of esters is 2. The van der Waals surface area contributed by atoms with Gasteiger partial charge in [0.25, 0.3) is 0 Å². The highest BCUT2D eigenvalue weighted by Crippen LogP contribution is 2.58. The molecule has 0 aromatic carbocycles. The standard InChI is InChI=1S/C22H32O5/c1-7-12(3)20(23)26-16-10-9-15-11-17-18(13(4)21(24)27-17)19(25-8-2)22(15,6)14(16)5/h7,14-17,19H,8-11H2,1-6H3. The molecule has 0 radical (unpaired) electrons. The van der Waals surface area contributed by atoms with Crippen LogP contribution in [0.3, 0.4) is 0 Å². The van der Waals surface area contributed by atoms with Crippen LogP contribution in [0.15, 0.2) is 22.8 Å². The molecular weight excluding hydrogens is 344 g/mol. The van der Waals surface area contributed by atoms with Crippen LogP contribution in [0.1, 0.15) is 60.8 Å². The molecule has 0 aromatic heterocycles. The van der Waals surface area contributed by atoms with Gasteiger partial charge in [0.1, 0.15) is 12.2 Å². The SMILES string of the molecule is CC=C(C)C(=O)OC1CCC2CC3OC(=O)C(C)=C3C(OCC)C2(C)C1C. The maximum absolute atomic E-state index is 12.3. The van der Waals surface area contributed by atoms with Gasteiger partial charge in [-0.2, -0.15) is 0 Å². The Morgan fingerprint density at radius 3 is 2.70 bits per heavy atom. The number of allylic oxidation sites excluding steroid dienone is 1. The van der Waals surface area contributed by atoms with Crippen LogP contribution >= 0.6 is 0 Å². The van der Waals surface area contributed by atoms with Crippen molar-refractivity contribution in [2.24, 2.45) is 17.3 Å². The van der Waals surface area contributed by atoms with Crippen molar-refractivity contribution < 1.29 is 23.8 Å².